The minimum Gasteiger partial charge on any atom is -0.406 e. The molecule has 0 aromatic heterocycles. The number of hydrogen-bond acceptors (Lipinski definition) is 6. The molecule has 31 heavy (non-hydrogen) atoms. The van der Waals surface area contributed by atoms with Crippen molar-refractivity contribution in [2.75, 3.05) is 5.75 Å². The molecule has 1 unspecified atom stereocenters. The Morgan fingerprint density at radius 1 is 0.871 bits per heavy atom. The maximum atomic E-state index is 13.1. The van der Waals surface area contributed by atoms with Gasteiger partial charge in [-0.15, -0.1) is 24.9 Å². The predicted molar refractivity (Wildman–Crippen MR) is 101 cm³/mol. The van der Waals surface area contributed by atoms with Crippen molar-refractivity contribution in [1.82, 2.24) is 0 Å². The van der Waals surface area contributed by atoms with E-state index in [2.05, 4.69) is 4.74 Å². The Morgan fingerprint density at radius 2 is 1.39 bits per heavy atom. The van der Waals surface area contributed by atoms with Crippen LogP contribution >= 0.6 is 23.4 Å². The minimum atomic E-state index is -6.21. The van der Waals surface area contributed by atoms with Crippen molar-refractivity contribution in [2.45, 2.75) is 26.2 Å². The van der Waals surface area contributed by atoms with Gasteiger partial charge in [0.05, 0.1) is 4.90 Å². The lowest BCUT2D eigenvalue weighted by Crippen LogP contribution is -2.41. The Morgan fingerprint density at radius 3 is 1.84 bits per heavy atom. The van der Waals surface area contributed by atoms with E-state index < -0.39 is 52.5 Å². The maximum Gasteiger partial charge on any atom is 0.573 e. The van der Waals surface area contributed by atoms with Gasteiger partial charge in [-0.05, 0) is 48.5 Å². The molecule has 0 aliphatic carbocycles. The lowest BCUT2D eigenvalue weighted by atomic mass is 10.3. The van der Waals surface area contributed by atoms with Gasteiger partial charge in [-0.1, -0.05) is 11.6 Å². The molecule has 0 radical (unpaired) electrons. The molecule has 2 aromatic carbocycles. The molecule has 2 rings (SSSR count). The van der Waals surface area contributed by atoms with Crippen molar-refractivity contribution in [1.29, 1.82) is 0 Å². The first-order valence-corrected chi connectivity index (χ1v) is 12.3. The lowest BCUT2D eigenvalue weighted by molar-refractivity contribution is -0.274. The summed E-state index contributed by atoms with van der Waals surface area (Å²) in [5, 5.41) is 0.289. The number of sulfone groups is 2. The molecule has 5 nitrogen and oxygen atoms in total. The summed E-state index contributed by atoms with van der Waals surface area (Å²) < 4.78 is 126. The first-order valence-electron chi connectivity index (χ1n) is 7.82. The topological polar surface area (TPSA) is 77.5 Å². The molecule has 0 aliphatic rings. The van der Waals surface area contributed by atoms with Crippen LogP contribution in [-0.4, -0.2) is 39.0 Å². The molecular formula is C16H11ClF6O5S3. The molecule has 172 valence electrons. The van der Waals surface area contributed by atoms with E-state index >= 15 is 0 Å². The highest BCUT2D eigenvalue weighted by molar-refractivity contribution is 8.11. The van der Waals surface area contributed by atoms with Gasteiger partial charge in [-0.25, -0.2) is 16.8 Å². The SMILES string of the molecule is O=S(=O)(c1ccc(OC(F)(F)F)cc1)C(CSc1ccc(Cl)cc1)S(=O)(=O)C(F)(F)F. The molecule has 0 saturated carbocycles. The normalized spacial score (nSPS) is 14.3. The van der Waals surface area contributed by atoms with Crippen LogP contribution in [-0.2, 0) is 19.7 Å². The highest BCUT2D eigenvalue weighted by atomic mass is 35.5. The molecule has 0 saturated heterocycles. The molecule has 0 amide bonds. The predicted octanol–water partition coefficient (Wildman–Crippen LogP) is 5.07. The molecule has 2 aromatic rings. The third-order valence-corrected chi connectivity index (χ3v) is 10.2. The first-order chi connectivity index (χ1) is 14.0. The largest absolute Gasteiger partial charge is 0.573 e. The second-order valence-corrected chi connectivity index (χ2v) is 11.8. The summed E-state index contributed by atoms with van der Waals surface area (Å²) in [7, 11) is -11.4. The van der Waals surface area contributed by atoms with Crippen LogP contribution in [0.5, 0.6) is 5.75 Å². The minimum absolute atomic E-state index is 0.246. The zero-order chi connectivity index (χ0) is 23.7. The molecule has 0 spiro atoms. The van der Waals surface area contributed by atoms with E-state index in [4.69, 9.17) is 11.6 Å². The van der Waals surface area contributed by atoms with Gasteiger partial charge in [0, 0.05) is 15.7 Å². The average Bonchev–Trinajstić information content (AvgIpc) is 2.61. The summed E-state index contributed by atoms with van der Waals surface area (Å²) in [6.45, 7) is 0. The van der Waals surface area contributed by atoms with E-state index in [0.717, 1.165) is 0 Å². The summed E-state index contributed by atoms with van der Waals surface area (Å²) >= 11 is 6.20. The van der Waals surface area contributed by atoms with Crippen LogP contribution in [0.1, 0.15) is 0 Å². The number of alkyl halides is 6. The Bertz CT molecular complexity index is 1110. The summed E-state index contributed by atoms with van der Waals surface area (Å²) in [6.07, 6.45) is -5.09. The zero-order valence-electron chi connectivity index (χ0n) is 14.8. The van der Waals surface area contributed by atoms with Crippen LogP contribution in [0.2, 0.25) is 5.02 Å². The number of thioether (sulfide) groups is 1. The van der Waals surface area contributed by atoms with E-state index in [9.17, 15) is 43.2 Å². The van der Waals surface area contributed by atoms with E-state index in [1.54, 1.807) is 0 Å². The summed E-state index contributed by atoms with van der Waals surface area (Å²) in [5.74, 6) is -1.87. The fraction of sp³-hybridized carbons (Fsp3) is 0.250. The van der Waals surface area contributed by atoms with Crippen LogP contribution in [0, 0.1) is 0 Å². The van der Waals surface area contributed by atoms with Crippen LogP contribution in [0.25, 0.3) is 0 Å². The van der Waals surface area contributed by atoms with Gasteiger partial charge in [-0.2, -0.15) is 13.2 Å². The highest BCUT2D eigenvalue weighted by Gasteiger charge is 2.55. The number of halogens is 7. The molecule has 0 heterocycles. The van der Waals surface area contributed by atoms with Gasteiger partial charge in [0.25, 0.3) is 9.84 Å². The van der Waals surface area contributed by atoms with Gasteiger partial charge in [0.2, 0.25) is 0 Å². The van der Waals surface area contributed by atoms with E-state index in [-0.39, 0.29) is 9.92 Å². The van der Waals surface area contributed by atoms with E-state index in [1.165, 1.54) is 24.3 Å². The number of benzene rings is 2. The second kappa shape index (κ2) is 9.08. The molecule has 1 atom stereocenters. The van der Waals surface area contributed by atoms with Crippen molar-refractivity contribution in [3.05, 3.63) is 53.6 Å². The smallest absolute Gasteiger partial charge is 0.406 e. The molecule has 15 heteroatoms. The van der Waals surface area contributed by atoms with Crippen molar-refractivity contribution in [2.24, 2.45) is 0 Å². The van der Waals surface area contributed by atoms with E-state index in [1.807, 2.05) is 0 Å². The number of hydrogen-bond donors (Lipinski definition) is 0. The zero-order valence-corrected chi connectivity index (χ0v) is 18.0. The van der Waals surface area contributed by atoms with Crippen LogP contribution in [0.3, 0.4) is 0 Å². The van der Waals surface area contributed by atoms with E-state index in [0.29, 0.717) is 36.0 Å². The van der Waals surface area contributed by atoms with Crippen molar-refractivity contribution < 1.29 is 47.9 Å². The summed E-state index contributed by atoms with van der Waals surface area (Å²) in [4.78, 5) is -0.674. The van der Waals surface area contributed by atoms with Gasteiger partial charge in [0.15, 0.2) is 14.4 Å². The fourth-order valence-electron chi connectivity index (χ4n) is 2.17. The standard InChI is InChI=1S/C16H11ClF6O5S3/c17-10-1-5-12(6-2-10)29-9-14(31(26,27)16(21,22)23)30(24,25)13-7-3-11(4-8-13)28-15(18,19)20/h1-8,14H,9H2. The Hall–Kier alpha value is -1.64. The third kappa shape index (κ3) is 6.43. The average molecular weight is 529 g/mol. The quantitative estimate of drug-likeness (QED) is 0.369. The van der Waals surface area contributed by atoms with Crippen molar-refractivity contribution >= 4 is 43.0 Å². The maximum absolute atomic E-state index is 13.1. The van der Waals surface area contributed by atoms with Gasteiger partial charge < -0.3 is 4.74 Å². The lowest BCUT2D eigenvalue weighted by Gasteiger charge is -2.20. The fourth-order valence-corrected chi connectivity index (χ4v) is 7.91. The molecule has 0 aliphatic heterocycles. The Labute approximate surface area is 182 Å². The molecule has 0 fully saturated rings. The Balaban J connectivity index is 2.42. The second-order valence-electron chi connectivity index (χ2n) is 5.75. The van der Waals surface area contributed by atoms with Crippen LogP contribution in [0.4, 0.5) is 26.3 Å². The van der Waals surface area contributed by atoms with Crippen molar-refractivity contribution in [3.8, 4) is 5.75 Å². The highest BCUT2D eigenvalue weighted by Crippen LogP contribution is 2.36. The summed E-state index contributed by atoms with van der Waals surface area (Å²) in [5.41, 5.74) is -5.88. The first kappa shape index (κ1) is 25.6. The summed E-state index contributed by atoms with van der Waals surface area (Å²) in [6, 6.07) is 7.58. The monoisotopic (exact) mass is 528 g/mol. The molecule has 0 bridgehead atoms. The molecular weight excluding hydrogens is 518 g/mol. The van der Waals surface area contributed by atoms with Gasteiger partial charge >= 0.3 is 11.9 Å². The molecule has 0 N–H and O–H groups in total. The third-order valence-electron chi connectivity index (χ3n) is 3.60. The van der Waals surface area contributed by atoms with Crippen molar-refractivity contribution in [3.63, 3.8) is 0 Å². The Kier molecular flexibility index (Phi) is 7.50. The number of ether oxygens (including phenoxy) is 1. The van der Waals surface area contributed by atoms with Crippen LogP contribution in [0.15, 0.2) is 58.3 Å². The van der Waals surface area contributed by atoms with Gasteiger partial charge in [0.1, 0.15) is 5.75 Å². The van der Waals surface area contributed by atoms with Gasteiger partial charge in [-0.3, -0.25) is 0 Å². The van der Waals surface area contributed by atoms with Crippen LogP contribution < -0.4 is 4.74 Å². The number of rotatable bonds is 7.